The van der Waals surface area contributed by atoms with Gasteiger partial charge in [-0.25, -0.2) is 0 Å². The molecule has 1 aromatic rings. The third-order valence-corrected chi connectivity index (χ3v) is 4.53. The van der Waals surface area contributed by atoms with Crippen LogP contribution < -0.4 is 10.6 Å². The molecule has 1 unspecified atom stereocenters. The Hall–Kier alpha value is -0.810. The van der Waals surface area contributed by atoms with Crippen molar-refractivity contribution in [3.63, 3.8) is 0 Å². The summed E-state index contributed by atoms with van der Waals surface area (Å²) in [5.74, 6) is 0.0841. The normalized spacial score (nSPS) is 19.0. The average molecular weight is 360 g/mol. The van der Waals surface area contributed by atoms with Gasteiger partial charge in [-0.3, -0.25) is 9.69 Å². The Bertz CT molecular complexity index is 522. The van der Waals surface area contributed by atoms with Gasteiger partial charge in [-0.1, -0.05) is 30.7 Å². The molecule has 2 rings (SSSR count). The molecule has 1 saturated heterocycles. The molecule has 1 aliphatic heterocycles. The van der Waals surface area contributed by atoms with Gasteiger partial charge in [0.05, 0.1) is 6.54 Å². The Morgan fingerprint density at radius 3 is 2.87 bits per heavy atom. The molecule has 1 atom stereocenters. The second-order valence-electron chi connectivity index (χ2n) is 6.53. The predicted molar refractivity (Wildman–Crippen MR) is 98.4 cm³/mol. The highest BCUT2D eigenvalue weighted by Crippen LogP contribution is 2.24. The average Bonchev–Trinajstić information content (AvgIpc) is 2.47. The lowest BCUT2D eigenvalue weighted by Gasteiger charge is -2.37. The minimum absolute atomic E-state index is 0. The van der Waals surface area contributed by atoms with Gasteiger partial charge in [-0.2, -0.15) is 0 Å². The van der Waals surface area contributed by atoms with E-state index < -0.39 is 0 Å². The van der Waals surface area contributed by atoms with Crippen molar-refractivity contribution < 1.29 is 4.79 Å². The number of nitrogens with zero attached hydrogens (tertiary/aromatic N) is 1. The molecule has 0 aliphatic carbocycles. The maximum Gasteiger partial charge on any atom is 0.234 e. The van der Waals surface area contributed by atoms with Gasteiger partial charge in [0.15, 0.2) is 0 Å². The fraction of sp³-hybridized carbons (Fsp3) is 0.588. The Kier molecular flexibility index (Phi) is 7.81. The molecule has 1 fully saturated rings. The first-order valence-electron chi connectivity index (χ1n) is 7.92. The molecule has 0 radical (unpaired) electrons. The molecule has 0 saturated carbocycles. The molecule has 0 aromatic heterocycles. The monoisotopic (exact) mass is 359 g/mol. The molecular weight excluding hydrogens is 333 g/mol. The van der Waals surface area contributed by atoms with Crippen molar-refractivity contribution in [2.45, 2.75) is 38.8 Å². The number of hydrogen-bond donors (Lipinski definition) is 2. The first-order chi connectivity index (χ1) is 10.4. The summed E-state index contributed by atoms with van der Waals surface area (Å²) in [6, 6.07) is 8.08. The lowest BCUT2D eigenvalue weighted by atomic mass is 10.0. The molecule has 0 spiro atoms. The highest BCUT2D eigenvalue weighted by atomic mass is 35.5. The molecule has 4 nitrogen and oxygen atoms in total. The molecule has 1 heterocycles. The van der Waals surface area contributed by atoms with Crippen LogP contribution in [0.3, 0.4) is 0 Å². The van der Waals surface area contributed by atoms with Crippen molar-refractivity contribution in [3.05, 3.63) is 34.9 Å². The van der Waals surface area contributed by atoms with Gasteiger partial charge in [-0.15, -0.1) is 12.4 Å². The summed E-state index contributed by atoms with van der Waals surface area (Å²) in [6.07, 6.45) is 0.915. The Morgan fingerprint density at radius 2 is 2.22 bits per heavy atom. The molecule has 0 bridgehead atoms. The first kappa shape index (κ1) is 20.2. The Balaban J connectivity index is 0.00000264. The van der Waals surface area contributed by atoms with Crippen LogP contribution in [0.25, 0.3) is 0 Å². The largest absolute Gasteiger partial charge is 0.350 e. The quantitative estimate of drug-likeness (QED) is 0.849. The van der Waals surface area contributed by atoms with E-state index in [0.717, 1.165) is 36.6 Å². The fourth-order valence-corrected chi connectivity index (χ4v) is 2.87. The lowest BCUT2D eigenvalue weighted by molar-refractivity contribution is -0.124. The minimum Gasteiger partial charge on any atom is -0.350 e. The number of rotatable bonds is 5. The Labute approximate surface area is 150 Å². The second-order valence-corrected chi connectivity index (χ2v) is 6.97. The summed E-state index contributed by atoms with van der Waals surface area (Å²) in [6.45, 7) is 9.21. The molecule has 2 N–H and O–H groups in total. The first-order valence-corrected chi connectivity index (χ1v) is 8.30. The van der Waals surface area contributed by atoms with Crippen molar-refractivity contribution in [3.8, 4) is 0 Å². The Morgan fingerprint density at radius 1 is 1.48 bits per heavy atom. The van der Waals surface area contributed by atoms with Crippen molar-refractivity contribution in [1.29, 1.82) is 0 Å². The van der Waals surface area contributed by atoms with Gasteiger partial charge in [0.1, 0.15) is 0 Å². The van der Waals surface area contributed by atoms with Crippen LogP contribution in [0, 0.1) is 0 Å². The SMILES string of the molecule is CCC(C)(C)NC(=O)CN1CCNCC1c1cccc(Cl)c1.Cl. The van der Waals surface area contributed by atoms with Gasteiger partial charge < -0.3 is 10.6 Å². The van der Waals surface area contributed by atoms with Gasteiger partial charge in [0.25, 0.3) is 0 Å². The van der Waals surface area contributed by atoms with Gasteiger partial charge in [-0.05, 0) is 38.0 Å². The maximum atomic E-state index is 12.3. The van der Waals surface area contributed by atoms with Crippen LogP contribution in [0.15, 0.2) is 24.3 Å². The zero-order valence-electron chi connectivity index (χ0n) is 14.1. The number of piperazine rings is 1. The highest BCUT2D eigenvalue weighted by Gasteiger charge is 2.27. The lowest BCUT2D eigenvalue weighted by Crippen LogP contribution is -2.52. The number of amides is 1. The minimum atomic E-state index is -0.156. The highest BCUT2D eigenvalue weighted by molar-refractivity contribution is 6.30. The van der Waals surface area contributed by atoms with E-state index in [9.17, 15) is 4.79 Å². The number of nitrogens with one attached hydrogen (secondary N) is 2. The van der Waals surface area contributed by atoms with Crippen LogP contribution in [-0.2, 0) is 4.79 Å². The standard InChI is InChI=1S/C17H26ClN3O.ClH/c1-4-17(2,3)20-16(22)12-21-9-8-19-11-15(21)13-6-5-7-14(18)10-13;/h5-7,10,15,19H,4,8-9,11-12H2,1-3H3,(H,20,22);1H. The van der Waals surface area contributed by atoms with E-state index in [1.54, 1.807) is 0 Å². The summed E-state index contributed by atoms with van der Waals surface area (Å²) in [5.41, 5.74) is 0.999. The van der Waals surface area contributed by atoms with Crippen molar-refractivity contribution >= 4 is 29.9 Å². The fourth-order valence-electron chi connectivity index (χ4n) is 2.67. The van der Waals surface area contributed by atoms with Crippen molar-refractivity contribution in [2.24, 2.45) is 0 Å². The van der Waals surface area contributed by atoms with Crippen molar-refractivity contribution in [2.75, 3.05) is 26.2 Å². The summed E-state index contributed by atoms with van der Waals surface area (Å²) in [7, 11) is 0. The zero-order chi connectivity index (χ0) is 16.2. The molecule has 1 amide bonds. The van der Waals surface area contributed by atoms with E-state index in [1.807, 2.05) is 18.2 Å². The summed E-state index contributed by atoms with van der Waals surface area (Å²) in [5, 5.41) is 7.24. The van der Waals surface area contributed by atoms with E-state index in [4.69, 9.17) is 11.6 Å². The van der Waals surface area contributed by atoms with E-state index in [-0.39, 0.29) is 29.9 Å². The van der Waals surface area contributed by atoms with Crippen LogP contribution in [0.4, 0.5) is 0 Å². The molecular formula is C17H27Cl2N3O. The molecule has 1 aliphatic rings. The van der Waals surface area contributed by atoms with Crippen LogP contribution in [-0.4, -0.2) is 42.5 Å². The third kappa shape index (κ3) is 5.96. The van der Waals surface area contributed by atoms with Crippen LogP contribution >= 0.6 is 24.0 Å². The maximum absolute atomic E-state index is 12.3. The van der Waals surface area contributed by atoms with E-state index in [2.05, 4.69) is 42.4 Å². The van der Waals surface area contributed by atoms with Crippen LogP contribution in [0.5, 0.6) is 0 Å². The summed E-state index contributed by atoms with van der Waals surface area (Å²) in [4.78, 5) is 14.6. The summed E-state index contributed by atoms with van der Waals surface area (Å²) >= 11 is 6.11. The topological polar surface area (TPSA) is 44.4 Å². The van der Waals surface area contributed by atoms with Crippen LogP contribution in [0.1, 0.15) is 38.8 Å². The van der Waals surface area contributed by atoms with Crippen LogP contribution in [0.2, 0.25) is 5.02 Å². The molecule has 1 aromatic carbocycles. The predicted octanol–water partition coefficient (Wildman–Crippen LogP) is 3.01. The molecule has 130 valence electrons. The molecule has 23 heavy (non-hydrogen) atoms. The van der Waals surface area contributed by atoms with Gasteiger partial charge >= 0.3 is 0 Å². The molecule has 6 heteroatoms. The van der Waals surface area contributed by atoms with Crippen molar-refractivity contribution in [1.82, 2.24) is 15.5 Å². The number of halogens is 2. The van der Waals surface area contributed by atoms with Gasteiger partial charge in [0.2, 0.25) is 5.91 Å². The number of benzene rings is 1. The van der Waals surface area contributed by atoms with E-state index >= 15 is 0 Å². The summed E-state index contributed by atoms with van der Waals surface area (Å²) < 4.78 is 0. The van der Waals surface area contributed by atoms with E-state index in [1.165, 1.54) is 0 Å². The smallest absolute Gasteiger partial charge is 0.234 e. The third-order valence-electron chi connectivity index (χ3n) is 4.30. The van der Waals surface area contributed by atoms with Gasteiger partial charge in [0, 0.05) is 36.2 Å². The van der Waals surface area contributed by atoms with E-state index in [0.29, 0.717) is 6.54 Å². The zero-order valence-corrected chi connectivity index (χ0v) is 15.6. The second kappa shape index (κ2) is 8.88. The number of carbonyl (C=O) groups excluding carboxylic acids is 1. The number of hydrogen-bond acceptors (Lipinski definition) is 3. The number of carbonyl (C=O) groups is 1.